The van der Waals surface area contributed by atoms with E-state index in [0.29, 0.717) is 22.9 Å². The molecule has 0 saturated carbocycles. The Balaban J connectivity index is 1.49. The average Bonchev–Trinajstić information content (AvgIpc) is 3.15. The molecule has 1 unspecified atom stereocenters. The number of ether oxygens (including phenoxy) is 4. The van der Waals surface area contributed by atoms with Gasteiger partial charge in [-0.3, -0.25) is 9.59 Å². The molecule has 2 aromatic carbocycles. The molecule has 8 heteroatoms. The number of carbonyl (C=O) groups excluding carboxylic acids is 2. The molecule has 0 aromatic heterocycles. The van der Waals surface area contributed by atoms with Crippen LogP contribution in [0.1, 0.15) is 17.5 Å². The summed E-state index contributed by atoms with van der Waals surface area (Å²) in [4.78, 5) is 25.4. The average molecular weight is 468 g/mol. The normalized spacial score (nSPS) is 18.6. The molecule has 33 heavy (non-hydrogen) atoms. The van der Waals surface area contributed by atoms with E-state index in [1.807, 2.05) is 6.92 Å². The minimum absolute atomic E-state index is 0.0162. The Morgan fingerprint density at radius 3 is 2.48 bits per heavy atom. The Kier molecular flexibility index (Phi) is 6.21. The first-order valence-electron chi connectivity index (χ1n) is 11.0. The number of ketones is 1. The number of carbonyl (C=O) groups is 2. The molecule has 7 nitrogen and oxygen atoms in total. The van der Waals surface area contributed by atoms with Crippen LogP contribution >= 0.6 is 0 Å². The number of hydrogen-bond acceptors (Lipinski definition) is 6. The molecule has 1 amide bonds. The number of hydrogen-bond donors (Lipinski definition) is 1. The highest BCUT2D eigenvalue weighted by molar-refractivity contribution is 6.90. The fourth-order valence-corrected chi connectivity index (χ4v) is 7.44. The van der Waals surface area contributed by atoms with Crippen molar-refractivity contribution in [1.82, 2.24) is 0 Å². The van der Waals surface area contributed by atoms with Gasteiger partial charge < -0.3 is 24.3 Å². The maximum absolute atomic E-state index is 12.8. The number of amides is 1. The standard InChI is InChI=1S/C25H29NO6Si/c1-15-12-21-16(8-7-11-33(21,4)5)13-20(15)31-22-14-17(27)24(32-22)25(28)26-23-18(29-2)9-6-10-19(23)30-3/h6,9-10,12-14,24H,7-8,11H2,1-5H3,(H,26,28). The molecule has 0 bridgehead atoms. The van der Waals surface area contributed by atoms with Crippen molar-refractivity contribution in [3.63, 3.8) is 0 Å². The lowest BCUT2D eigenvalue weighted by Crippen LogP contribution is -2.46. The van der Waals surface area contributed by atoms with Crippen LogP contribution in [0.2, 0.25) is 19.1 Å². The van der Waals surface area contributed by atoms with Gasteiger partial charge in [0.25, 0.3) is 11.9 Å². The van der Waals surface area contributed by atoms with Crippen LogP contribution in [0.3, 0.4) is 0 Å². The molecule has 1 N–H and O–H groups in total. The second-order valence-electron chi connectivity index (χ2n) is 9.00. The van der Waals surface area contributed by atoms with Crippen molar-refractivity contribution in [3.05, 3.63) is 53.5 Å². The van der Waals surface area contributed by atoms with E-state index in [2.05, 4.69) is 30.5 Å². The van der Waals surface area contributed by atoms with Crippen LogP contribution in [0, 0.1) is 6.92 Å². The first-order chi connectivity index (χ1) is 15.7. The molecule has 174 valence electrons. The molecule has 2 aliphatic heterocycles. The van der Waals surface area contributed by atoms with E-state index in [0.717, 1.165) is 12.0 Å². The third-order valence-corrected chi connectivity index (χ3v) is 9.78. The minimum atomic E-state index is -1.43. The largest absolute Gasteiger partial charge is 0.494 e. The highest BCUT2D eigenvalue weighted by atomic mass is 28.3. The van der Waals surface area contributed by atoms with Gasteiger partial charge in [0.2, 0.25) is 11.9 Å². The van der Waals surface area contributed by atoms with Crippen molar-refractivity contribution in [1.29, 1.82) is 0 Å². The zero-order valence-corrected chi connectivity index (χ0v) is 20.6. The van der Waals surface area contributed by atoms with E-state index < -0.39 is 25.9 Å². The molecule has 0 saturated heterocycles. The van der Waals surface area contributed by atoms with Crippen LogP contribution < -0.4 is 24.7 Å². The zero-order chi connectivity index (χ0) is 23.8. The fourth-order valence-electron chi connectivity index (χ4n) is 4.44. The number of benzene rings is 2. The topological polar surface area (TPSA) is 83.1 Å². The predicted molar refractivity (Wildman–Crippen MR) is 128 cm³/mol. The lowest BCUT2D eigenvalue weighted by Gasteiger charge is -2.31. The van der Waals surface area contributed by atoms with Gasteiger partial charge >= 0.3 is 0 Å². The van der Waals surface area contributed by atoms with Gasteiger partial charge in [-0.2, -0.15) is 0 Å². The Morgan fingerprint density at radius 1 is 1.12 bits per heavy atom. The number of para-hydroxylation sites is 1. The van der Waals surface area contributed by atoms with Crippen LogP contribution in [0.4, 0.5) is 5.69 Å². The van der Waals surface area contributed by atoms with E-state index in [4.69, 9.17) is 18.9 Å². The van der Waals surface area contributed by atoms with E-state index >= 15 is 0 Å². The van der Waals surface area contributed by atoms with Crippen molar-refractivity contribution in [3.8, 4) is 17.2 Å². The molecule has 0 spiro atoms. The second-order valence-corrected chi connectivity index (χ2v) is 13.8. The summed E-state index contributed by atoms with van der Waals surface area (Å²) in [6.45, 7) is 6.78. The third-order valence-electron chi connectivity index (χ3n) is 6.26. The van der Waals surface area contributed by atoms with E-state index in [-0.39, 0.29) is 5.95 Å². The summed E-state index contributed by atoms with van der Waals surface area (Å²) in [5.41, 5.74) is 2.62. The Hall–Kier alpha value is -3.26. The summed E-state index contributed by atoms with van der Waals surface area (Å²) < 4.78 is 22.1. The van der Waals surface area contributed by atoms with Crippen LogP contribution in [0.25, 0.3) is 0 Å². The second kappa shape index (κ2) is 8.94. The molecular weight excluding hydrogens is 438 g/mol. The predicted octanol–water partition coefficient (Wildman–Crippen LogP) is 3.70. The van der Waals surface area contributed by atoms with Gasteiger partial charge in [-0.15, -0.1) is 0 Å². The summed E-state index contributed by atoms with van der Waals surface area (Å²) in [6, 6.07) is 10.7. The van der Waals surface area contributed by atoms with Gasteiger partial charge in [-0.05, 0) is 42.7 Å². The van der Waals surface area contributed by atoms with Crippen LogP contribution in [0.15, 0.2) is 42.4 Å². The van der Waals surface area contributed by atoms with Crippen LogP contribution in [-0.2, 0) is 20.7 Å². The molecule has 2 heterocycles. The van der Waals surface area contributed by atoms with Gasteiger partial charge in [-0.1, -0.05) is 42.9 Å². The Labute approximate surface area is 194 Å². The lowest BCUT2D eigenvalue weighted by atomic mass is 10.1. The van der Waals surface area contributed by atoms with Gasteiger partial charge in [0.05, 0.1) is 28.4 Å². The zero-order valence-electron chi connectivity index (χ0n) is 19.6. The van der Waals surface area contributed by atoms with Crippen LogP contribution in [-0.4, -0.2) is 40.1 Å². The van der Waals surface area contributed by atoms with E-state index in [9.17, 15) is 9.59 Å². The number of fused-ring (bicyclic) bond motifs is 1. The molecule has 1 atom stereocenters. The lowest BCUT2D eigenvalue weighted by molar-refractivity contribution is -0.134. The highest BCUT2D eigenvalue weighted by Crippen LogP contribution is 2.35. The van der Waals surface area contributed by atoms with Gasteiger partial charge in [-0.25, -0.2) is 0 Å². The fraction of sp³-hybridized carbons (Fsp3) is 0.360. The van der Waals surface area contributed by atoms with Crippen molar-refractivity contribution in [2.24, 2.45) is 0 Å². The van der Waals surface area contributed by atoms with E-state index in [1.165, 1.54) is 43.5 Å². The van der Waals surface area contributed by atoms with Crippen molar-refractivity contribution >= 4 is 30.6 Å². The molecule has 0 radical (unpaired) electrons. The van der Waals surface area contributed by atoms with Gasteiger partial charge in [0.1, 0.15) is 22.9 Å². The number of rotatable bonds is 6. The molecular formula is C25H29NO6Si. The third kappa shape index (κ3) is 4.48. The van der Waals surface area contributed by atoms with Crippen molar-refractivity contribution in [2.75, 3.05) is 19.5 Å². The molecule has 0 aliphatic carbocycles. The first-order valence-corrected chi connectivity index (χ1v) is 14.2. The maximum Gasteiger partial charge on any atom is 0.289 e. The molecule has 0 fully saturated rings. The summed E-state index contributed by atoms with van der Waals surface area (Å²) in [7, 11) is 1.54. The molecule has 4 rings (SSSR count). The SMILES string of the molecule is COc1cccc(OC)c1NC(=O)C1OC(Oc2cc3c(cc2C)[Si](C)(C)CCC3)=CC1=O. The minimum Gasteiger partial charge on any atom is -0.494 e. The van der Waals surface area contributed by atoms with Crippen molar-refractivity contribution in [2.45, 2.75) is 45.0 Å². The highest BCUT2D eigenvalue weighted by Gasteiger charge is 2.36. The van der Waals surface area contributed by atoms with Gasteiger partial charge in [0, 0.05) is 0 Å². The number of methoxy groups -OCH3 is 2. The summed E-state index contributed by atoms with van der Waals surface area (Å²) in [5, 5.41) is 4.15. The van der Waals surface area contributed by atoms with Crippen molar-refractivity contribution < 1.29 is 28.5 Å². The quantitative estimate of drug-likeness (QED) is 0.515. The number of aryl methyl sites for hydroxylation is 2. The monoisotopic (exact) mass is 467 g/mol. The Morgan fingerprint density at radius 2 is 1.82 bits per heavy atom. The smallest absolute Gasteiger partial charge is 0.289 e. The Bertz CT molecular complexity index is 1120. The summed E-state index contributed by atoms with van der Waals surface area (Å²) >= 11 is 0. The first kappa shape index (κ1) is 22.9. The molecule has 2 aromatic rings. The van der Waals surface area contributed by atoms with E-state index in [1.54, 1.807) is 18.2 Å². The van der Waals surface area contributed by atoms with Crippen LogP contribution in [0.5, 0.6) is 17.2 Å². The summed E-state index contributed by atoms with van der Waals surface area (Å²) in [6.07, 6.45) is 2.08. The number of anilines is 1. The van der Waals surface area contributed by atoms with Gasteiger partial charge in [0.15, 0.2) is 0 Å². The molecule has 2 aliphatic rings. The summed E-state index contributed by atoms with van der Waals surface area (Å²) in [5.74, 6) is 0.366. The number of nitrogens with one attached hydrogen (secondary N) is 1. The maximum atomic E-state index is 12.8.